The van der Waals surface area contributed by atoms with E-state index in [1.54, 1.807) is 22.8 Å². The maximum Gasteiger partial charge on any atom is 0.337 e. The van der Waals surface area contributed by atoms with Crippen molar-refractivity contribution in [2.45, 2.75) is 84.3 Å². The van der Waals surface area contributed by atoms with Crippen molar-refractivity contribution >= 4 is 38.0 Å². The van der Waals surface area contributed by atoms with Crippen LogP contribution in [0.3, 0.4) is 0 Å². The molecule has 0 aliphatic carbocycles. The Morgan fingerprint density at radius 1 is 0.855 bits per heavy atom. The number of halogens is 2. The molecule has 0 saturated carbocycles. The second-order valence-electron chi connectivity index (χ2n) is 15.1. The molecule has 9 nitrogen and oxygen atoms in total. The Kier molecular flexibility index (Phi) is 13.9. The van der Waals surface area contributed by atoms with E-state index in [-0.39, 0.29) is 53.1 Å². The van der Waals surface area contributed by atoms with Crippen molar-refractivity contribution in [3.63, 3.8) is 0 Å². The number of aromatic nitrogens is 1. The molecule has 1 aromatic heterocycles. The zero-order chi connectivity index (χ0) is 40.7. The molecule has 12 heteroatoms. The Hall–Kier alpha value is -5.20. The zero-order valence-corrected chi connectivity index (χ0v) is 33.9. The number of amides is 1. The highest BCUT2D eigenvalue weighted by atomic mass is 28.4. The van der Waals surface area contributed by atoms with Crippen molar-refractivity contribution < 1.29 is 41.9 Å². The number of benzene rings is 3. The van der Waals surface area contributed by atoms with Crippen LogP contribution in [0.2, 0.25) is 18.1 Å². The highest BCUT2D eigenvalue weighted by molar-refractivity contribution is 6.74. The number of ether oxygens (including phenoxy) is 2. The van der Waals surface area contributed by atoms with Crippen LogP contribution in [0, 0.1) is 11.6 Å². The van der Waals surface area contributed by atoms with Crippen LogP contribution in [0.5, 0.6) is 0 Å². The number of rotatable bonds is 15. The molecule has 0 fully saturated rings. The number of nitrogens with one attached hydrogen (secondary N) is 1. The van der Waals surface area contributed by atoms with Gasteiger partial charge in [-0.3, -0.25) is 14.4 Å². The van der Waals surface area contributed by atoms with Gasteiger partial charge in [-0.05, 0) is 79.5 Å². The van der Waals surface area contributed by atoms with Gasteiger partial charge in [0.1, 0.15) is 17.3 Å². The number of hydrogen-bond acceptors (Lipinski definition) is 7. The molecule has 1 N–H and O–H groups in total. The molecule has 292 valence electrons. The average molecular weight is 773 g/mol. The average Bonchev–Trinajstić information content (AvgIpc) is 3.48. The topological polar surface area (TPSA) is 113 Å². The smallest absolute Gasteiger partial charge is 0.337 e. The van der Waals surface area contributed by atoms with Crippen LogP contribution in [0.4, 0.5) is 8.78 Å². The van der Waals surface area contributed by atoms with Gasteiger partial charge in [0.15, 0.2) is 14.1 Å². The summed E-state index contributed by atoms with van der Waals surface area (Å²) in [5.74, 6) is -3.16. The van der Waals surface area contributed by atoms with E-state index in [9.17, 15) is 23.6 Å². The minimum absolute atomic E-state index is 0.0354. The lowest BCUT2D eigenvalue weighted by molar-refractivity contribution is -0.142. The Balaban J connectivity index is 1.86. The monoisotopic (exact) mass is 772 g/mol. The highest BCUT2D eigenvalue weighted by Gasteiger charge is 2.40. The maximum absolute atomic E-state index is 15.1. The van der Waals surface area contributed by atoms with E-state index >= 15 is 4.39 Å². The first-order chi connectivity index (χ1) is 25.9. The van der Waals surface area contributed by atoms with Crippen molar-refractivity contribution in [2.75, 3.05) is 14.2 Å². The predicted molar refractivity (Wildman–Crippen MR) is 212 cm³/mol. The summed E-state index contributed by atoms with van der Waals surface area (Å²) in [6, 6.07) is 18.6. The number of hydrogen-bond donors (Lipinski definition) is 1. The molecule has 0 unspecified atom stereocenters. The molecular weight excluding hydrogens is 723 g/mol. The van der Waals surface area contributed by atoms with E-state index in [1.807, 2.05) is 57.3 Å². The minimum Gasteiger partial charge on any atom is -0.469 e. The van der Waals surface area contributed by atoms with Crippen LogP contribution < -0.4 is 5.32 Å². The third kappa shape index (κ3) is 10.3. The van der Waals surface area contributed by atoms with E-state index in [2.05, 4.69) is 30.8 Å². The van der Waals surface area contributed by atoms with Gasteiger partial charge in [-0.25, -0.2) is 13.6 Å². The molecule has 0 radical (unpaired) electrons. The largest absolute Gasteiger partial charge is 0.469 e. The predicted octanol–water partition coefficient (Wildman–Crippen LogP) is 9.32. The fraction of sp³-hybridized carbons (Fsp3) is 0.349. The third-order valence-corrected chi connectivity index (χ3v) is 14.4. The van der Waals surface area contributed by atoms with Gasteiger partial charge >= 0.3 is 11.9 Å². The quantitative estimate of drug-likeness (QED) is 0.0728. The number of allylic oxidation sites excluding steroid dienone is 1. The van der Waals surface area contributed by atoms with Gasteiger partial charge in [0.2, 0.25) is 0 Å². The summed E-state index contributed by atoms with van der Waals surface area (Å²) in [4.78, 5) is 52.5. The van der Waals surface area contributed by atoms with Crippen LogP contribution in [-0.4, -0.2) is 56.8 Å². The molecule has 4 rings (SSSR count). The van der Waals surface area contributed by atoms with Gasteiger partial charge in [-0.15, -0.1) is 0 Å². The Bertz CT molecular complexity index is 2050. The second-order valence-corrected chi connectivity index (χ2v) is 19.8. The van der Waals surface area contributed by atoms with Crippen LogP contribution in [0.1, 0.15) is 85.6 Å². The van der Waals surface area contributed by atoms with Crippen molar-refractivity contribution in [3.8, 4) is 22.3 Å². The SMILES string of the molecule is COC(=O)C[C@@H](CC(=O)/C=C/c1c(-c2ccc(F)cc2)c(-c2ccccc2)c(C(=O)NCc2ccc(C(=O)OC)cc2F)n1C(C)C)O[Si](C)(C)C(C)(C)C. The van der Waals surface area contributed by atoms with Crippen LogP contribution >= 0.6 is 0 Å². The van der Waals surface area contributed by atoms with Gasteiger partial charge in [-0.1, -0.05) is 69.3 Å². The van der Waals surface area contributed by atoms with Crippen LogP contribution in [-0.2, 0) is 30.0 Å². The normalized spacial score (nSPS) is 12.5. The third-order valence-electron chi connectivity index (χ3n) is 9.83. The minimum atomic E-state index is -2.39. The summed E-state index contributed by atoms with van der Waals surface area (Å²) >= 11 is 0. The van der Waals surface area contributed by atoms with E-state index in [0.29, 0.717) is 27.9 Å². The van der Waals surface area contributed by atoms with E-state index in [1.165, 1.54) is 44.6 Å². The summed E-state index contributed by atoms with van der Waals surface area (Å²) in [6.45, 7) is 13.9. The van der Waals surface area contributed by atoms with Crippen molar-refractivity contribution in [1.82, 2.24) is 9.88 Å². The lowest BCUT2D eigenvalue weighted by Crippen LogP contribution is -2.44. The molecule has 0 saturated heterocycles. The molecule has 0 bridgehead atoms. The molecule has 3 aromatic carbocycles. The lowest BCUT2D eigenvalue weighted by Gasteiger charge is -2.39. The van der Waals surface area contributed by atoms with Gasteiger partial charge in [0, 0.05) is 35.7 Å². The molecule has 0 aliphatic rings. The molecule has 0 spiro atoms. The molecular formula is C43H50F2N2O7Si. The summed E-state index contributed by atoms with van der Waals surface area (Å²) in [6.07, 6.45) is 2.14. The van der Waals surface area contributed by atoms with Crippen molar-refractivity contribution in [2.24, 2.45) is 0 Å². The fourth-order valence-electron chi connectivity index (χ4n) is 6.00. The number of methoxy groups -OCH3 is 2. The van der Waals surface area contributed by atoms with E-state index in [0.717, 1.165) is 6.07 Å². The first kappa shape index (κ1) is 42.5. The number of carbonyl (C=O) groups excluding carboxylic acids is 4. The number of nitrogens with zero attached hydrogens (tertiary/aromatic N) is 1. The second kappa shape index (κ2) is 18.0. The standard InChI is InChI=1S/C43H50F2N2O7Si/c1-27(2)47-36(22-21-33(48)24-34(25-37(49)52-6)54-55(8,9)43(3,4)5)38(29-17-19-32(44)20-18-29)39(28-13-11-10-12-14-28)40(47)41(50)46-26-31-16-15-30(23-35(31)45)42(51)53-7/h10-23,27,34H,24-26H2,1-9H3,(H,46,50)/b22-21+/t34-/m1/s1. The zero-order valence-electron chi connectivity index (χ0n) is 32.9. The maximum atomic E-state index is 15.1. The van der Waals surface area contributed by atoms with Gasteiger partial charge < -0.3 is 23.8 Å². The van der Waals surface area contributed by atoms with Crippen LogP contribution in [0.25, 0.3) is 28.3 Å². The first-order valence-electron chi connectivity index (χ1n) is 18.1. The van der Waals surface area contributed by atoms with Gasteiger partial charge in [-0.2, -0.15) is 0 Å². The summed E-state index contributed by atoms with van der Waals surface area (Å²) in [5, 5.41) is 2.68. The van der Waals surface area contributed by atoms with E-state index < -0.39 is 43.9 Å². The van der Waals surface area contributed by atoms with Crippen molar-refractivity contribution in [1.29, 1.82) is 0 Å². The Labute approximate surface area is 322 Å². The number of carbonyl (C=O) groups is 4. The summed E-state index contributed by atoms with van der Waals surface area (Å²) in [7, 11) is 0.104. The number of ketones is 1. The molecule has 1 amide bonds. The summed E-state index contributed by atoms with van der Waals surface area (Å²) in [5.41, 5.74) is 3.30. The fourth-order valence-corrected chi connectivity index (χ4v) is 7.36. The first-order valence-corrected chi connectivity index (χ1v) is 21.0. The lowest BCUT2D eigenvalue weighted by atomic mass is 9.94. The summed E-state index contributed by atoms with van der Waals surface area (Å²) < 4.78 is 47.3. The van der Waals surface area contributed by atoms with Gasteiger partial charge in [0.25, 0.3) is 5.91 Å². The van der Waals surface area contributed by atoms with Gasteiger partial charge in [0.05, 0.1) is 38.0 Å². The Morgan fingerprint density at radius 3 is 2.05 bits per heavy atom. The Morgan fingerprint density at radius 2 is 1.49 bits per heavy atom. The van der Waals surface area contributed by atoms with E-state index in [4.69, 9.17) is 9.16 Å². The number of esters is 2. The molecule has 1 atom stereocenters. The molecule has 55 heavy (non-hydrogen) atoms. The van der Waals surface area contributed by atoms with Crippen molar-refractivity contribution in [3.05, 3.63) is 113 Å². The molecule has 4 aromatic rings. The molecule has 0 aliphatic heterocycles. The molecule has 1 heterocycles. The van der Waals surface area contributed by atoms with Crippen LogP contribution in [0.15, 0.2) is 78.9 Å². The highest BCUT2D eigenvalue weighted by Crippen LogP contribution is 2.43.